The van der Waals surface area contributed by atoms with Crippen LogP contribution >= 0.6 is 0 Å². The average Bonchev–Trinajstić information content (AvgIpc) is 3.11. The Labute approximate surface area is 153 Å². The molecule has 1 aliphatic heterocycles. The molecule has 0 aliphatic carbocycles. The fourth-order valence-corrected chi connectivity index (χ4v) is 2.49. The van der Waals surface area contributed by atoms with Gasteiger partial charge in [-0.3, -0.25) is 0 Å². The summed E-state index contributed by atoms with van der Waals surface area (Å²) in [5.41, 5.74) is 1.94. The molecule has 3 rings (SSSR count). The van der Waals surface area contributed by atoms with Gasteiger partial charge in [0.05, 0.1) is 6.61 Å². The Bertz CT molecular complexity index is 761. The van der Waals surface area contributed by atoms with E-state index >= 15 is 0 Å². The molecule has 0 fully saturated rings. The molecule has 6 heteroatoms. The monoisotopic (exact) mass is 356 g/mol. The lowest BCUT2D eigenvalue weighted by Gasteiger charge is -2.11. The average molecular weight is 356 g/mol. The molecular formula is C20H24N2O4. The van der Waals surface area contributed by atoms with E-state index < -0.39 is 0 Å². The van der Waals surface area contributed by atoms with E-state index in [1.807, 2.05) is 42.5 Å². The minimum absolute atomic E-state index is 0.226. The van der Waals surface area contributed by atoms with Crippen molar-refractivity contribution in [2.45, 2.75) is 26.9 Å². The van der Waals surface area contributed by atoms with Crippen LogP contribution in [0.1, 0.15) is 25.0 Å². The topological polar surface area (TPSA) is 68.8 Å². The fourth-order valence-electron chi connectivity index (χ4n) is 2.49. The van der Waals surface area contributed by atoms with Crippen LogP contribution in [0.2, 0.25) is 0 Å². The highest BCUT2D eigenvalue weighted by atomic mass is 16.7. The van der Waals surface area contributed by atoms with E-state index in [1.165, 1.54) is 0 Å². The van der Waals surface area contributed by atoms with Crippen LogP contribution in [0.25, 0.3) is 0 Å². The molecule has 2 aromatic carbocycles. The predicted octanol–water partition coefficient (Wildman–Crippen LogP) is 3.45. The first-order valence-electron chi connectivity index (χ1n) is 8.72. The fraction of sp³-hybridized carbons (Fsp3) is 0.350. The molecule has 2 amide bonds. The zero-order valence-electron chi connectivity index (χ0n) is 15.1. The smallest absolute Gasteiger partial charge is 0.315 e. The van der Waals surface area contributed by atoms with Crippen LogP contribution in [0, 0.1) is 5.92 Å². The number of carbonyl (C=O) groups excluding carboxylic acids is 1. The molecule has 0 unspecified atom stereocenters. The molecule has 2 aromatic rings. The molecule has 0 radical (unpaired) electrons. The van der Waals surface area contributed by atoms with Gasteiger partial charge in [-0.25, -0.2) is 4.79 Å². The Balaban J connectivity index is 1.44. The molecule has 0 atom stereocenters. The van der Waals surface area contributed by atoms with Crippen molar-refractivity contribution in [2.75, 3.05) is 13.4 Å². The van der Waals surface area contributed by atoms with Gasteiger partial charge in [0.1, 0.15) is 5.75 Å². The molecule has 0 bridgehead atoms. The molecule has 1 aliphatic rings. The summed E-state index contributed by atoms with van der Waals surface area (Å²) in [4.78, 5) is 12.0. The van der Waals surface area contributed by atoms with Crippen molar-refractivity contribution in [1.29, 1.82) is 0 Å². The number of rotatable bonds is 7. The summed E-state index contributed by atoms with van der Waals surface area (Å²) < 4.78 is 16.3. The van der Waals surface area contributed by atoms with Gasteiger partial charge in [-0.2, -0.15) is 0 Å². The third-order valence-electron chi connectivity index (χ3n) is 3.82. The zero-order valence-corrected chi connectivity index (χ0v) is 15.1. The van der Waals surface area contributed by atoms with Crippen molar-refractivity contribution < 1.29 is 19.0 Å². The number of fused-ring (bicyclic) bond motifs is 1. The molecule has 138 valence electrons. The Morgan fingerprint density at radius 1 is 1.04 bits per heavy atom. The first-order chi connectivity index (χ1) is 12.6. The first kappa shape index (κ1) is 17.9. The quantitative estimate of drug-likeness (QED) is 0.797. The van der Waals surface area contributed by atoms with Crippen molar-refractivity contribution in [3.05, 3.63) is 53.6 Å². The van der Waals surface area contributed by atoms with Crippen LogP contribution in [-0.4, -0.2) is 19.4 Å². The Hall–Kier alpha value is -2.89. The van der Waals surface area contributed by atoms with Gasteiger partial charge < -0.3 is 24.8 Å². The van der Waals surface area contributed by atoms with Crippen LogP contribution in [0.5, 0.6) is 17.2 Å². The van der Waals surface area contributed by atoms with Crippen LogP contribution in [0.4, 0.5) is 4.79 Å². The van der Waals surface area contributed by atoms with Crippen LogP contribution < -0.4 is 24.8 Å². The van der Waals surface area contributed by atoms with E-state index in [-0.39, 0.29) is 12.8 Å². The van der Waals surface area contributed by atoms with E-state index in [0.717, 1.165) is 22.6 Å². The molecule has 0 spiro atoms. The third-order valence-corrected chi connectivity index (χ3v) is 3.82. The Kier molecular flexibility index (Phi) is 5.84. The highest BCUT2D eigenvalue weighted by molar-refractivity contribution is 5.73. The van der Waals surface area contributed by atoms with Crippen molar-refractivity contribution in [3.8, 4) is 17.2 Å². The minimum atomic E-state index is -0.226. The molecule has 2 N–H and O–H groups in total. The number of ether oxygens (including phenoxy) is 3. The van der Waals surface area contributed by atoms with Gasteiger partial charge in [0.2, 0.25) is 6.79 Å². The second-order valence-corrected chi connectivity index (χ2v) is 6.58. The normalized spacial score (nSPS) is 12.1. The summed E-state index contributed by atoms with van der Waals surface area (Å²) in [7, 11) is 0. The van der Waals surface area contributed by atoms with Gasteiger partial charge in [-0.15, -0.1) is 0 Å². The lowest BCUT2D eigenvalue weighted by atomic mass is 10.2. The van der Waals surface area contributed by atoms with E-state index in [0.29, 0.717) is 31.4 Å². The maximum atomic E-state index is 12.0. The summed E-state index contributed by atoms with van der Waals surface area (Å²) in [6, 6.07) is 13.2. The highest BCUT2D eigenvalue weighted by Gasteiger charge is 2.13. The number of carbonyl (C=O) groups is 1. The lowest BCUT2D eigenvalue weighted by molar-refractivity contribution is 0.174. The standard InChI is InChI=1S/C20H24N2O4/c1-14(2)12-24-17-5-3-4-15(8-17)10-21-20(23)22-11-16-6-7-18-19(9-16)26-13-25-18/h3-9,14H,10-13H2,1-2H3,(H2,21,22,23). The summed E-state index contributed by atoms with van der Waals surface area (Å²) in [5, 5.41) is 5.69. The maximum absolute atomic E-state index is 12.0. The number of benzene rings is 2. The molecule has 0 aromatic heterocycles. The summed E-state index contributed by atoms with van der Waals surface area (Å²) >= 11 is 0. The van der Waals surface area contributed by atoms with Crippen molar-refractivity contribution in [2.24, 2.45) is 5.92 Å². The second-order valence-electron chi connectivity index (χ2n) is 6.58. The molecule has 6 nitrogen and oxygen atoms in total. The van der Waals surface area contributed by atoms with Gasteiger partial charge in [0.25, 0.3) is 0 Å². The second kappa shape index (κ2) is 8.47. The first-order valence-corrected chi connectivity index (χ1v) is 8.72. The zero-order chi connectivity index (χ0) is 18.4. The summed E-state index contributed by atoms with van der Waals surface area (Å²) in [5.74, 6) is 2.73. The molecule has 0 saturated carbocycles. The molecule has 1 heterocycles. The number of urea groups is 1. The molecule has 26 heavy (non-hydrogen) atoms. The molecular weight excluding hydrogens is 332 g/mol. The van der Waals surface area contributed by atoms with Crippen molar-refractivity contribution in [3.63, 3.8) is 0 Å². The third kappa shape index (κ3) is 5.05. The van der Waals surface area contributed by atoms with E-state index in [2.05, 4.69) is 24.5 Å². The summed E-state index contributed by atoms with van der Waals surface area (Å²) in [6.45, 7) is 5.98. The SMILES string of the molecule is CC(C)COc1cccc(CNC(=O)NCc2ccc3c(c2)OCO3)c1. The van der Waals surface area contributed by atoms with E-state index in [4.69, 9.17) is 14.2 Å². The predicted molar refractivity (Wildman–Crippen MR) is 98.4 cm³/mol. The summed E-state index contributed by atoms with van der Waals surface area (Å²) in [6.07, 6.45) is 0. The van der Waals surface area contributed by atoms with Gasteiger partial charge in [0.15, 0.2) is 11.5 Å². The number of hydrogen-bond donors (Lipinski definition) is 2. The van der Waals surface area contributed by atoms with E-state index in [9.17, 15) is 4.79 Å². The van der Waals surface area contributed by atoms with Gasteiger partial charge in [0, 0.05) is 13.1 Å². The molecule has 0 saturated heterocycles. The van der Waals surface area contributed by atoms with E-state index in [1.54, 1.807) is 0 Å². The minimum Gasteiger partial charge on any atom is -0.493 e. The Morgan fingerprint density at radius 2 is 1.77 bits per heavy atom. The van der Waals surface area contributed by atoms with Crippen molar-refractivity contribution >= 4 is 6.03 Å². The van der Waals surface area contributed by atoms with Crippen LogP contribution in [0.3, 0.4) is 0 Å². The van der Waals surface area contributed by atoms with Crippen LogP contribution in [-0.2, 0) is 13.1 Å². The largest absolute Gasteiger partial charge is 0.493 e. The number of amides is 2. The maximum Gasteiger partial charge on any atom is 0.315 e. The number of nitrogens with one attached hydrogen (secondary N) is 2. The van der Waals surface area contributed by atoms with Gasteiger partial charge in [-0.05, 0) is 41.3 Å². The van der Waals surface area contributed by atoms with Crippen molar-refractivity contribution in [1.82, 2.24) is 10.6 Å². The lowest BCUT2D eigenvalue weighted by Crippen LogP contribution is -2.34. The van der Waals surface area contributed by atoms with Gasteiger partial charge in [-0.1, -0.05) is 32.0 Å². The Morgan fingerprint density at radius 3 is 2.54 bits per heavy atom. The number of hydrogen-bond acceptors (Lipinski definition) is 4. The van der Waals surface area contributed by atoms with Crippen LogP contribution in [0.15, 0.2) is 42.5 Å². The van der Waals surface area contributed by atoms with Gasteiger partial charge >= 0.3 is 6.03 Å². The highest BCUT2D eigenvalue weighted by Crippen LogP contribution is 2.32.